The Labute approximate surface area is 166 Å². The summed E-state index contributed by atoms with van der Waals surface area (Å²) in [6, 6.07) is 14.6. The highest BCUT2D eigenvalue weighted by Crippen LogP contribution is 2.24. The van der Waals surface area contributed by atoms with Gasteiger partial charge in [0.15, 0.2) is 0 Å². The Morgan fingerprint density at radius 2 is 1.89 bits per heavy atom. The lowest BCUT2D eigenvalue weighted by molar-refractivity contribution is 0.0952. The minimum atomic E-state index is -0.458. The summed E-state index contributed by atoms with van der Waals surface area (Å²) in [4.78, 5) is 12.1. The molecule has 138 valence electrons. The van der Waals surface area contributed by atoms with Gasteiger partial charge in [-0.1, -0.05) is 34.1 Å². The van der Waals surface area contributed by atoms with Crippen molar-refractivity contribution < 1.29 is 9.90 Å². The number of para-hydroxylation sites is 1. The number of amides is 1. The van der Waals surface area contributed by atoms with Gasteiger partial charge < -0.3 is 9.67 Å². The summed E-state index contributed by atoms with van der Waals surface area (Å²) in [5.74, 6) is -0.533. The monoisotopic (exact) mass is 425 g/mol. The lowest BCUT2D eigenvalue weighted by Crippen LogP contribution is -2.17. The van der Waals surface area contributed by atoms with E-state index < -0.39 is 5.91 Å². The standard InChI is InChI=1S/C21H20BrN3O2/c1-13-8-9-17(11-19(13)22)25-14(2)10-16(15(25)3)12-23-24-21(27)18-6-4-5-7-20(18)26/h4-12,26H,1-3H3,(H,24,27)/b23-12-. The molecule has 1 amide bonds. The van der Waals surface area contributed by atoms with Gasteiger partial charge in [-0.25, -0.2) is 5.43 Å². The Balaban J connectivity index is 1.82. The molecule has 0 bridgehead atoms. The molecule has 0 saturated heterocycles. The maximum Gasteiger partial charge on any atom is 0.275 e. The Morgan fingerprint density at radius 3 is 2.59 bits per heavy atom. The minimum Gasteiger partial charge on any atom is -0.507 e. The van der Waals surface area contributed by atoms with Gasteiger partial charge in [0.05, 0.1) is 11.8 Å². The van der Waals surface area contributed by atoms with Gasteiger partial charge in [0.2, 0.25) is 0 Å². The fourth-order valence-electron chi connectivity index (χ4n) is 2.92. The summed E-state index contributed by atoms with van der Waals surface area (Å²) in [5.41, 5.74) is 7.86. The number of nitrogens with one attached hydrogen (secondary N) is 1. The van der Waals surface area contributed by atoms with Crippen molar-refractivity contribution in [1.82, 2.24) is 9.99 Å². The van der Waals surface area contributed by atoms with Crippen LogP contribution >= 0.6 is 15.9 Å². The van der Waals surface area contributed by atoms with Gasteiger partial charge in [0.1, 0.15) is 5.75 Å². The predicted octanol–water partition coefficient (Wildman–Crippen LogP) is 4.63. The Hall–Kier alpha value is -2.86. The molecule has 0 atom stereocenters. The first-order valence-electron chi connectivity index (χ1n) is 8.45. The highest BCUT2D eigenvalue weighted by Gasteiger charge is 2.11. The van der Waals surface area contributed by atoms with Crippen LogP contribution in [-0.4, -0.2) is 21.8 Å². The molecule has 1 aromatic heterocycles. The van der Waals surface area contributed by atoms with Crippen LogP contribution in [0.4, 0.5) is 0 Å². The smallest absolute Gasteiger partial charge is 0.275 e. The fraction of sp³-hybridized carbons (Fsp3) is 0.143. The normalized spacial score (nSPS) is 11.1. The maximum absolute atomic E-state index is 12.1. The zero-order valence-electron chi connectivity index (χ0n) is 15.3. The van der Waals surface area contributed by atoms with E-state index in [0.717, 1.165) is 27.1 Å². The van der Waals surface area contributed by atoms with Crippen LogP contribution in [0.3, 0.4) is 0 Å². The van der Waals surface area contributed by atoms with E-state index in [0.29, 0.717) is 0 Å². The van der Waals surface area contributed by atoms with Gasteiger partial charge >= 0.3 is 0 Å². The van der Waals surface area contributed by atoms with Crippen molar-refractivity contribution in [1.29, 1.82) is 0 Å². The number of nitrogens with zero attached hydrogens (tertiary/aromatic N) is 2. The highest BCUT2D eigenvalue weighted by molar-refractivity contribution is 9.10. The summed E-state index contributed by atoms with van der Waals surface area (Å²) < 4.78 is 3.19. The summed E-state index contributed by atoms with van der Waals surface area (Å²) in [5, 5.41) is 13.8. The fourth-order valence-corrected chi connectivity index (χ4v) is 3.29. The molecule has 0 unspecified atom stereocenters. The van der Waals surface area contributed by atoms with Crippen molar-refractivity contribution in [2.45, 2.75) is 20.8 Å². The second kappa shape index (κ2) is 7.80. The Bertz CT molecular complexity index is 1040. The molecule has 0 aliphatic heterocycles. The number of aromatic nitrogens is 1. The molecule has 3 rings (SSSR count). The average Bonchev–Trinajstić information content (AvgIpc) is 2.91. The lowest BCUT2D eigenvalue weighted by atomic mass is 10.2. The number of carbonyl (C=O) groups is 1. The number of aryl methyl sites for hydroxylation is 2. The van der Waals surface area contributed by atoms with Crippen LogP contribution in [0.1, 0.15) is 32.9 Å². The molecular formula is C21H20BrN3O2. The van der Waals surface area contributed by atoms with Gasteiger partial charge in [0.25, 0.3) is 5.91 Å². The van der Waals surface area contributed by atoms with Gasteiger partial charge in [-0.2, -0.15) is 5.10 Å². The highest BCUT2D eigenvalue weighted by atomic mass is 79.9. The number of hydrazone groups is 1. The number of benzene rings is 2. The molecule has 0 fully saturated rings. The van der Waals surface area contributed by atoms with Crippen LogP contribution < -0.4 is 5.43 Å². The number of hydrogen-bond donors (Lipinski definition) is 2. The summed E-state index contributed by atoms with van der Waals surface area (Å²) >= 11 is 3.58. The minimum absolute atomic E-state index is 0.0756. The van der Waals surface area contributed by atoms with Crippen molar-refractivity contribution in [2.24, 2.45) is 5.10 Å². The number of carbonyl (C=O) groups excluding carboxylic acids is 1. The molecule has 0 saturated carbocycles. The molecule has 6 heteroatoms. The van der Waals surface area contributed by atoms with E-state index in [-0.39, 0.29) is 11.3 Å². The molecule has 0 aliphatic rings. The van der Waals surface area contributed by atoms with Gasteiger partial charge in [0, 0.05) is 27.1 Å². The number of phenolic OH excluding ortho intramolecular Hbond substituents is 1. The maximum atomic E-state index is 12.1. The van der Waals surface area contributed by atoms with Crippen LogP contribution in [-0.2, 0) is 0 Å². The first kappa shape index (κ1) is 18.9. The molecule has 0 radical (unpaired) electrons. The number of halogens is 1. The van der Waals surface area contributed by atoms with Crippen molar-refractivity contribution in [3.05, 3.63) is 81.1 Å². The lowest BCUT2D eigenvalue weighted by Gasteiger charge is -2.11. The summed E-state index contributed by atoms with van der Waals surface area (Å²) in [7, 11) is 0. The van der Waals surface area contributed by atoms with Crippen LogP contribution in [0.25, 0.3) is 5.69 Å². The SMILES string of the molecule is Cc1ccc(-n2c(C)cc(/C=N\NC(=O)c3ccccc3O)c2C)cc1Br. The second-order valence-corrected chi connectivity index (χ2v) is 7.17. The average molecular weight is 426 g/mol. The zero-order valence-corrected chi connectivity index (χ0v) is 16.9. The largest absolute Gasteiger partial charge is 0.507 e. The third-order valence-electron chi connectivity index (χ3n) is 4.40. The predicted molar refractivity (Wildman–Crippen MR) is 111 cm³/mol. The first-order chi connectivity index (χ1) is 12.9. The number of hydrogen-bond acceptors (Lipinski definition) is 3. The molecule has 27 heavy (non-hydrogen) atoms. The number of aromatic hydroxyl groups is 1. The summed E-state index contributed by atoms with van der Waals surface area (Å²) in [6.45, 7) is 6.08. The van der Waals surface area contributed by atoms with E-state index in [4.69, 9.17) is 0 Å². The van der Waals surface area contributed by atoms with E-state index in [1.807, 2.05) is 19.9 Å². The van der Waals surface area contributed by atoms with Crippen LogP contribution in [0.5, 0.6) is 5.75 Å². The molecule has 2 aromatic carbocycles. The van der Waals surface area contributed by atoms with E-state index in [1.165, 1.54) is 11.6 Å². The zero-order chi connectivity index (χ0) is 19.6. The third-order valence-corrected chi connectivity index (χ3v) is 5.26. The molecule has 3 aromatic rings. The van der Waals surface area contributed by atoms with Gasteiger partial charge in [-0.15, -0.1) is 0 Å². The first-order valence-corrected chi connectivity index (χ1v) is 9.24. The van der Waals surface area contributed by atoms with Crippen LogP contribution in [0.2, 0.25) is 0 Å². The van der Waals surface area contributed by atoms with Crippen molar-refractivity contribution in [3.8, 4) is 11.4 Å². The van der Waals surface area contributed by atoms with Crippen LogP contribution in [0.15, 0.2) is 58.1 Å². The van der Waals surface area contributed by atoms with E-state index in [2.05, 4.69) is 56.1 Å². The van der Waals surface area contributed by atoms with Crippen LogP contribution in [0, 0.1) is 20.8 Å². The van der Waals surface area contributed by atoms with Crippen molar-refractivity contribution in [2.75, 3.05) is 0 Å². The Morgan fingerprint density at radius 1 is 1.15 bits per heavy atom. The number of rotatable bonds is 4. The van der Waals surface area contributed by atoms with E-state index >= 15 is 0 Å². The molecule has 0 spiro atoms. The molecule has 1 heterocycles. The van der Waals surface area contributed by atoms with E-state index in [1.54, 1.807) is 24.4 Å². The van der Waals surface area contributed by atoms with Gasteiger partial charge in [-0.05, 0) is 56.7 Å². The Kier molecular flexibility index (Phi) is 5.46. The summed E-state index contributed by atoms with van der Waals surface area (Å²) in [6.07, 6.45) is 1.61. The topological polar surface area (TPSA) is 66.6 Å². The van der Waals surface area contributed by atoms with Crippen molar-refractivity contribution >= 4 is 28.1 Å². The van der Waals surface area contributed by atoms with Gasteiger partial charge in [-0.3, -0.25) is 4.79 Å². The molecule has 5 nitrogen and oxygen atoms in total. The molecule has 0 aliphatic carbocycles. The number of phenols is 1. The second-order valence-electron chi connectivity index (χ2n) is 6.31. The molecular weight excluding hydrogens is 406 g/mol. The third kappa shape index (κ3) is 3.95. The van der Waals surface area contributed by atoms with E-state index in [9.17, 15) is 9.90 Å². The van der Waals surface area contributed by atoms with Crippen molar-refractivity contribution in [3.63, 3.8) is 0 Å². The quantitative estimate of drug-likeness (QED) is 0.472. The molecule has 2 N–H and O–H groups in total.